The topological polar surface area (TPSA) is 67.2 Å². The molecule has 0 amide bonds. The minimum Gasteiger partial charge on any atom is -0.512 e. The molecule has 0 bridgehead atoms. The van der Waals surface area contributed by atoms with Crippen molar-refractivity contribution in [3.05, 3.63) is 104 Å². The van der Waals surface area contributed by atoms with Crippen LogP contribution < -0.4 is 4.57 Å². The third-order valence-corrected chi connectivity index (χ3v) is 10.1. The second kappa shape index (κ2) is 15.7. The number of rotatable bonds is 9. The molecule has 2 aromatic carbocycles. The Morgan fingerprint density at radius 2 is 1.56 bits per heavy atom. The number of allylic oxidation sites excluding steroid dienone is 2. The summed E-state index contributed by atoms with van der Waals surface area (Å²) in [6.07, 6.45) is 10.3. The van der Waals surface area contributed by atoms with Crippen molar-refractivity contribution >= 4 is 27.7 Å². The van der Waals surface area contributed by atoms with Crippen molar-refractivity contribution in [2.45, 2.75) is 93.4 Å². The first-order valence-corrected chi connectivity index (χ1v) is 16.8. The van der Waals surface area contributed by atoms with Crippen LogP contribution in [-0.2, 0) is 30.3 Å². The van der Waals surface area contributed by atoms with Gasteiger partial charge in [0, 0.05) is 55.6 Å². The molecule has 3 heterocycles. The van der Waals surface area contributed by atoms with Crippen molar-refractivity contribution in [1.29, 1.82) is 0 Å². The summed E-state index contributed by atoms with van der Waals surface area (Å²) < 4.78 is 7.28. The van der Waals surface area contributed by atoms with Crippen molar-refractivity contribution in [2.24, 2.45) is 10.8 Å². The zero-order valence-corrected chi connectivity index (χ0v) is 32.4. The Kier molecular flexibility index (Phi) is 12.6. The number of ketones is 1. The Bertz CT molecular complexity index is 1890. The molecule has 3 aromatic heterocycles. The Morgan fingerprint density at radius 3 is 2.19 bits per heavy atom. The van der Waals surface area contributed by atoms with Crippen molar-refractivity contribution in [2.75, 3.05) is 0 Å². The normalized spacial score (nSPS) is 12.4. The Hall–Kier alpha value is -3.73. The van der Waals surface area contributed by atoms with Gasteiger partial charge in [0.1, 0.15) is 11.5 Å². The van der Waals surface area contributed by atoms with E-state index in [1.807, 2.05) is 64.6 Å². The fourth-order valence-corrected chi connectivity index (χ4v) is 5.63. The van der Waals surface area contributed by atoms with Gasteiger partial charge in [-0.25, -0.2) is 4.98 Å². The molecule has 1 N–H and O–H groups in total. The molecule has 0 aliphatic rings. The van der Waals surface area contributed by atoms with Gasteiger partial charge in [-0.15, -0.1) is 29.1 Å². The molecule has 0 aliphatic carbocycles. The minimum atomic E-state index is -0.337. The van der Waals surface area contributed by atoms with Gasteiger partial charge in [-0.05, 0) is 66.5 Å². The SMILES string of the molecule is CCC(C)(CC)C(=O)/C=C(\O)C(C)(CC)CC.[CH2-][n+]1ccc(-c2cnc3occc3c2)cc1-c1[c-]c2ccccc2c(C(C)(C)C)c1.[Ir]. The first-order chi connectivity index (χ1) is 22.2. The number of nitrogens with zero attached hydrogens (tertiary/aromatic N) is 2. The van der Waals surface area contributed by atoms with Gasteiger partial charge >= 0.3 is 0 Å². The molecule has 0 aliphatic heterocycles. The zero-order chi connectivity index (χ0) is 34.6. The summed E-state index contributed by atoms with van der Waals surface area (Å²) in [6.45, 7) is 18.8. The third-order valence-electron chi connectivity index (χ3n) is 10.1. The molecule has 257 valence electrons. The second-order valence-electron chi connectivity index (χ2n) is 14.1. The van der Waals surface area contributed by atoms with Gasteiger partial charge in [-0.1, -0.05) is 91.5 Å². The minimum absolute atomic E-state index is 0. The van der Waals surface area contributed by atoms with Crippen LogP contribution in [0, 0.1) is 23.9 Å². The van der Waals surface area contributed by atoms with Gasteiger partial charge in [-0.3, -0.25) is 4.79 Å². The maximum atomic E-state index is 12.2. The van der Waals surface area contributed by atoms with Crippen LogP contribution in [-0.4, -0.2) is 15.9 Å². The van der Waals surface area contributed by atoms with Crippen LogP contribution in [0.5, 0.6) is 0 Å². The van der Waals surface area contributed by atoms with E-state index in [-0.39, 0.29) is 47.9 Å². The smallest absolute Gasteiger partial charge is 0.225 e. The summed E-state index contributed by atoms with van der Waals surface area (Å²) in [5, 5.41) is 13.5. The molecule has 1 radical (unpaired) electrons. The van der Waals surface area contributed by atoms with Gasteiger partial charge in [-0.2, -0.15) is 0 Å². The standard InChI is InChI=1S/C27H23N2O.C15H28O2.Ir/c1-27(2,3)24-15-21(13-19-7-5-6-8-23(19)24)25-16-18(9-11-29(25)4)22-14-20-10-12-30-26(20)28-17-22;1-7-14(5,8-2)12(16)11-13(17)15(6,9-3)10-4;/h5-12,14-17H,4H2,1-3H3;11,16H,7-10H2,1-6H3;/q-1;;/b;12-11-;. The van der Waals surface area contributed by atoms with E-state index in [1.54, 1.807) is 6.26 Å². The van der Waals surface area contributed by atoms with E-state index in [9.17, 15) is 9.90 Å². The molecular formula is C42H51IrN2O3-. The number of hydrogen-bond donors (Lipinski definition) is 1. The van der Waals surface area contributed by atoms with Crippen LogP contribution in [0.2, 0.25) is 0 Å². The molecule has 0 fully saturated rings. The third kappa shape index (κ3) is 8.28. The average Bonchev–Trinajstić information content (AvgIpc) is 3.55. The van der Waals surface area contributed by atoms with E-state index in [4.69, 9.17) is 4.42 Å². The predicted octanol–water partition coefficient (Wildman–Crippen LogP) is 11.0. The molecule has 5 nitrogen and oxygen atoms in total. The average molecular weight is 824 g/mol. The molecule has 0 unspecified atom stereocenters. The predicted molar refractivity (Wildman–Crippen MR) is 194 cm³/mol. The maximum Gasteiger partial charge on any atom is 0.225 e. The first-order valence-electron chi connectivity index (χ1n) is 16.8. The number of furan rings is 1. The van der Waals surface area contributed by atoms with Crippen molar-refractivity contribution < 1.29 is 39.0 Å². The summed E-state index contributed by atoms with van der Waals surface area (Å²) >= 11 is 0. The molecule has 0 spiro atoms. The number of aromatic nitrogens is 2. The largest absolute Gasteiger partial charge is 0.512 e. The van der Waals surface area contributed by atoms with Crippen molar-refractivity contribution in [3.63, 3.8) is 0 Å². The monoisotopic (exact) mass is 824 g/mol. The van der Waals surface area contributed by atoms with Crippen LogP contribution in [0.4, 0.5) is 0 Å². The van der Waals surface area contributed by atoms with E-state index < -0.39 is 0 Å². The van der Waals surface area contributed by atoms with Gasteiger partial charge < -0.3 is 14.1 Å². The molecule has 0 saturated heterocycles. The fourth-order valence-electron chi connectivity index (χ4n) is 5.63. The van der Waals surface area contributed by atoms with E-state index >= 15 is 0 Å². The molecule has 5 rings (SSSR count). The molecule has 0 saturated carbocycles. The number of fused-ring (bicyclic) bond motifs is 2. The van der Waals surface area contributed by atoms with E-state index in [0.717, 1.165) is 58.8 Å². The zero-order valence-electron chi connectivity index (χ0n) is 30.0. The number of carbonyl (C=O) groups excluding carboxylic acids is 1. The molecule has 5 aromatic rings. The number of benzene rings is 2. The summed E-state index contributed by atoms with van der Waals surface area (Å²) in [6, 6.07) is 22.6. The summed E-state index contributed by atoms with van der Waals surface area (Å²) in [4.78, 5) is 16.6. The van der Waals surface area contributed by atoms with Gasteiger partial charge in [0.2, 0.25) is 5.71 Å². The van der Waals surface area contributed by atoms with Crippen LogP contribution in [0.15, 0.2) is 89.5 Å². The Balaban J connectivity index is 0.000000301. The summed E-state index contributed by atoms with van der Waals surface area (Å²) in [7, 11) is 4.21. The van der Waals surface area contributed by atoms with E-state index in [2.05, 4.69) is 87.4 Å². The van der Waals surface area contributed by atoms with Crippen molar-refractivity contribution in [1.82, 2.24) is 4.98 Å². The molecule has 48 heavy (non-hydrogen) atoms. The van der Waals surface area contributed by atoms with Crippen LogP contribution in [0.3, 0.4) is 0 Å². The number of pyridine rings is 2. The number of hydrogen-bond acceptors (Lipinski definition) is 4. The van der Waals surface area contributed by atoms with Crippen LogP contribution in [0.1, 0.15) is 93.6 Å². The van der Waals surface area contributed by atoms with E-state index in [1.165, 1.54) is 17.0 Å². The van der Waals surface area contributed by atoms with Crippen LogP contribution >= 0.6 is 0 Å². The molecular weight excluding hydrogens is 773 g/mol. The Labute approximate surface area is 300 Å². The Morgan fingerprint density at radius 1 is 0.917 bits per heavy atom. The summed E-state index contributed by atoms with van der Waals surface area (Å²) in [5.74, 6) is 0.286. The molecule has 0 atom stereocenters. The number of aliphatic hydroxyl groups excluding tert-OH is 1. The quantitative estimate of drug-likeness (QED) is 0.0696. The number of aliphatic hydroxyl groups is 1. The van der Waals surface area contributed by atoms with Crippen molar-refractivity contribution in [3.8, 4) is 22.4 Å². The molecule has 6 heteroatoms. The first kappa shape index (κ1) is 38.7. The fraction of sp³-hybridized carbons (Fsp3) is 0.381. The van der Waals surface area contributed by atoms with Crippen LogP contribution in [0.25, 0.3) is 44.3 Å². The van der Waals surface area contributed by atoms with Gasteiger partial charge in [0.25, 0.3) is 0 Å². The van der Waals surface area contributed by atoms with Gasteiger partial charge in [0.15, 0.2) is 5.78 Å². The van der Waals surface area contributed by atoms with E-state index in [0.29, 0.717) is 5.71 Å². The summed E-state index contributed by atoms with van der Waals surface area (Å²) in [5.41, 5.74) is 5.54. The van der Waals surface area contributed by atoms with Gasteiger partial charge in [0.05, 0.1) is 12.5 Å². The number of carbonyl (C=O) groups is 1. The second-order valence-corrected chi connectivity index (χ2v) is 14.1. The maximum absolute atomic E-state index is 12.2.